The lowest BCUT2D eigenvalue weighted by molar-refractivity contribution is 0.288. The topological polar surface area (TPSA) is 35.5 Å². The van der Waals surface area contributed by atoms with Gasteiger partial charge in [0.25, 0.3) is 0 Å². The Hall–Kier alpha value is -1.06. The van der Waals surface area contributed by atoms with E-state index in [1.54, 1.807) is 0 Å². The molecule has 0 bridgehead atoms. The Morgan fingerprint density at radius 1 is 1.20 bits per heavy atom. The average Bonchev–Trinajstić information content (AvgIpc) is 2.38. The van der Waals surface area contributed by atoms with E-state index in [1.165, 1.54) is 16.8 Å². The first-order chi connectivity index (χ1) is 9.45. The van der Waals surface area contributed by atoms with Gasteiger partial charge in [-0.1, -0.05) is 26.0 Å². The van der Waals surface area contributed by atoms with E-state index in [9.17, 15) is 0 Å². The lowest BCUT2D eigenvalue weighted by Gasteiger charge is -2.30. The molecule has 0 aliphatic carbocycles. The van der Waals surface area contributed by atoms with Crippen LogP contribution in [-0.2, 0) is 6.54 Å². The van der Waals surface area contributed by atoms with Gasteiger partial charge in [-0.15, -0.1) is 0 Å². The quantitative estimate of drug-likeness (QED) is 0.767. The standard InChI is InChI=1S/C17H30N2O/c1-13(2)18-12-16-7-8-17(15(5)11-16)19(14(3)4)9-6-10-20/h7-8,11,13-14,18,20H,6,9-10,12H2,1-5H3. The fourth-order valence-corrected chi connectivity index (χ4v) is 2.37. The van der Waals surface area contributed by atoms with E-state index in [1.807, 2.05) is 0 Å². The molecule has 0 aliphatic rings. The van der Waals surface area contributed by atoms with E-state index >= 15 is 0 Å². The molecule has 0 aliphatic heterocycles. The van der Waals surface area contributed by atoms with Gasteiger partial charge < -0.3 is 15.3 Å². The number of aryl methyl sites for hydroxylation is 1. The number of nitrogens with zero attached hydrogens (tertiary/aromatic N) is 1. The smallest absolute Gasteiger partial charge is 0.0447 e. The molecule has 0 saturated carbocycles. The van der Waals surface area contributed by atoms with Gasteiger partial charge in [0.05, 0.1) is 0 Å². The van der Waals surface area contributed by atoms with Crippen molar-refractivity contribution in [3.05, 3.63) is 29.3 Å². The zero-order valence-corrected chi connectivity index (χ0v) is 13.6. The molecule has 0 amide bonds. The second-order valence-corrected chi connectivity index (χ2v) is 6.02. The molecule has 1 aromatic carbocycles. The molecule has 3 heteroatoms. The zero-order chi connectivity index (χ0) is 15.1. The summed E-state index contributed by atoms with van der Waals surface area (Å²) in [6, 6.07) is 7.63. The molecule has 20 heavy (non-hydrogen) atoms. The molecule has 0 atom stereocenters. The maximum Gasteiger partial charge on any atom is 0.0447 e. The SMILES string of the molecule is Cc1cc(CNC(C)C)ccc1N(CCCO)C(C)C. The third-order valence-electron chi connectivity index (χ3n) is 3.47. The molecule has 1 rings (SSSR count). The van der Waals surface area contributed by atoms with Gasteiger partial charge in [0.15, 0.2) is 0 Å². The van der Waals surface area contributed by atoms with Crippen LogP contribution in [0.25, 0.3) is 0 Å². The summed E-state index contributed by atoms with van der Waals surface area (Å²) in [5.41, 5.74) is 3.91. The first-order valence-electron chi connectivity index (χ1n) is 7.66. The summed E-state index contributed by atoms with van der Waals surface area (Å²) in [5, 5.41) is 12.5. The molecule has 0 spiro atoms. The summed E-state index contributed by atoms with van der Waals surface area (Å²) in [7, 11) is 0. The van der Waals surface area contributed by atoms with Crippen molar-refractivity contribution in [1.29, 1.82) is 0 Å². The van der Waals surface area contributed by atoms with Gasteiger partial charge in [-0.25, -0.2) is 0 Å². The normalized spacial score (nSPS) is 11.4. The van der Waals surface area contributed by atoms with Crippen LogP contribution in [0.4, 0.5) is 5.69 Å². The molecule has 0 heterocycles. The van der Waals surface area contributed by atoms with Gasteiger partial charge in [-0.05, 0) is 44.4 Å². The summed E-state index contributed by atoms with van der Waals surface area (Å²) in [5.74, 6) is 0. The van der Waals surface area contributed by atoms with Gasteiger partial charge in [0, 0.05) is 37.5 Å². The van der Waals surface area contributed by atoms with E-state index in [-0.39, 0.29) is 6.61 Å². The number of aliphatic hydroxyl groups excluding tert-OH is 1. The second kappa shape index (κ2) is 8.28. The minimum absolute atomic E-state index is 0.249. The molecule has 0 aromatic heterocycles. The highest BCUT2D eigenvalue weighted by Gasteiger charge is 2.12. The van der Waals surface area contributed by atoms with Crippen LogP contribution in [0.1, 0.15) is 45.2 Å². The molecule has 114 valence electrons. The van der Waals surface area contributed by atoms with Crippen LogP contribution < -0.4 is 10.2 Å². The van der Waals surface area contributed by atoms with Crippen LogP contribution in [0, 0.1) is 6.92 Å². The first kappa shape index (κ1) is 17.0. The summed E-state index contributed by atoms with van der Waals surface area (Å²) in [4.78, 5) is 2.37. The highest BCUT2D eigenvalue weighted by atomic mass is 16.3. The average molecular weight is 278 g/mol. The Morgan fingerprint density at radius 3 is 2.40 bits per heavy atom. The Bertz CT molecular complexity index is 402. The van der Waals surface area contributed by atoms with Gasteiger partial charge in [-0.2, -0.15) is 0 Å². The van der Waals surface area contributed by atoms with E-state index in [0.29, 0.717) is 12.1 Å². The van der Waals surface area contributed by atoms with E-state index in [0.717, 1.165) is 19.5 Å². The predicted molar refractivity (Wildman–Crippen MR) is 87.3 cm³/mol. The molecule has 0 saturated heterocycles. The molecule has 0 unspecified atom stereocenters. The van der Waals surface area contributed by atoms with E-state index < -0.39 is 0 Å². The van der Waals surface area contributed by atoms with Crippen LogP contribution in [-0.4, -0.2) is 30.3 Å². The molecular weight excluding hydrogens is 248 g/mol. The Kier molecular flexibility index (Phi) is 7.03. The third kappa shape index (κ3) is 5.14. The van der Waals surface area contributed by atoms with Crippen molar-refractivity contribution in [3.63, 3.8) is 0 Å². The lowest BCUT2D eigenvalue weighted by atomic mass is 10.1. The number of hydrogen-bond acceptors (Lipinski definition) is 3. The fraction of sp³-hybridized carbons (Fsp3) is 0.647. The van der Waals surface area contributed by atoms with Gasteiger partial charge in [-0.3, -0.25) is 0 Å². The van der Waals surface area contributed by atoms with Gasteiger partial charge in [0.1, 0.15) is 0 Å². The summed E-state index contributed by atoms with van der Waals surface area (Å²) in [6.07, 6.45) is 0.814. The van der Waals surface area contributed by atoms with E-state index in [4.69, 9.17) is 5.11 Å². The summed E-state index contributed by atoms with van der Waals surface area (Å²) < 4.78 is 0. The van der Waals surface area contributed by atoms with Gasteiger partial charge in [0.2, 0.25) is 0 Å². The molecule has 0 radical (unpaired) electrons. The van der Waals surface area contributed by atoms with E-state index in [2.05, 4.69) is 63.0 Å². The number of hydrogen-bond donors (Lipinski definition) is 2. The van der Waals surface area contributed by atoms with Crippen molar-refractivity contribution in [2.75, 3.05) is 18.1 Å². The number of nitrogens with one attached hydrogen (secondary N) is 1. The third-order valence-corrected chi connectivity index (χ3v) is 3.47. The number of rotatable bonds is 8. The fourth-order valence-electron chi connectivity index (χ4n) is 2.37. The lowest BCUT2D eigenvalue weighted by Crippen LogP contribution is -2.32. The van der Waals surface area contributed by atoms with Crippen LogP contribution in [0.15, 0.2) is 18.2 Å². The van der Waals surface area contributed by atoms with Crippen molar-refractivity contribution in [3.8, 4) is 0 Å². The van der Waals surface area contributed by atoms with Crippen molar-refractivity contribution < 1.29 is 5.11 Å². The maximum absolute atomic E-state index is 9.04. The molecule has 2 N–H and O–H groups in total. The Morgan fingerprint density at radius 2 is 1.90 bits per heavy atom. The number of aliphatic hydroxyl groups is 1. The van der Waals surface area contributed by atoms with Crippen molar-refractivity contribution in [2.45, 2.75) is 59.7 Å². The minimum atomic E-state index is 0.249. The van der Waals surface area contributed by atoms with Crippen molar-refractivity contribution in [2.24, 2.45) is 0 Å². The van der Waals surface area contributed by atoms with Crippen LogP contribution in [0.3, 0.4) is 0 Å². The van der Waals surface area contributed by atoms with Crippen LogP contribution in [0.5, 0.6) is 0 Å². The highest BCUT2D eigenvalue weighted by molar-refractivity contribution is 5.55. The molecule has 0 fully saturated rings. The number of benzene rings is 1. The minimum Gasteiger partial charge on any atom is -0.396 e. The first-order valence-corrected chi connectivity index (χ1v) is 7.66. The zero-order valence-electron chi connectivity index (χ0n) is 13.6. The monoisotopic (exact) mass is 278 g/mol. The Balaban J connectivity index is 2.83. The highest BCUT2D eigenvalue weighted by Crippen LogP contribution is 2.23. The molecule has 1 aromatic rings. The summed E-state index contributed by atoms with van der Waals surface area (Å²) in [6.45, 7) is 13.0. The van der Waals surface area contributed by atoms with Crippen molar-refractivity contribution in [1.82, 2.24) is 5.32 Å². The summed E-state index contributed by atoms with van der Waals surface area (Å²) >= 11 is 0. The predicted octanol–water partition coefficient (Wildman–Crippen LogP) is 3.09. The second-order valence-electron chi connectivity index (χ2n) is 6.02. The maximum atomic E-state index is 9.04. The Labute approximate surface area is 124 Å². The van der Waals surface area contributed by atoms with Gasteiger partial charge >= 0.3 is 0 Å². The van der Waals surface area contributed by atoms with Crippen molar-refractivity contribution >= 4 is 5.69 Å². The van der Waals surface area contributed by atoms with Crippen LogP contribution in [0.2, 0.25) is 0 Å². The van der Waals surface area contributed by atoms with Crippen LogP contribution >= 0.6 is 0 Å². The largest absolute Gasteiger partial charge is 0.396 e. The number of anilines is 1. The molecule has 3 nitrogen and oxygen atoms in total. The molecular formula is C17H30N2O.